The highest BCUT2D eigenvalue weighted by atomic mass is 16.5. The Hall–Kier alpha value is -2.81. The zero-order valence-corrected chi connectivity index (χ0v) is 11.8. The Morgan fingerprint density at radius 1 is 1.48 bits per heavy atom. The first-order valence-corrected chi connectivity index (χ1v) is 6.40. The molecule has 2 N–H and O–H groups in total. The van der Waals surface area contributed by atoms with Gasteiger partial charge >= 0.3 is 5.97 Å². The summed E-state index contributed by atoms with van der Waals surface area (Å²) in [5.74, 6) is -1.60. The molecule has 2 aromatic rings. The molecule has 1 aromatic carbocycles. The van der Waals surface area contributed by atoms with Gasteiger partial charge in [0.25, 0.3) is 0 Å². The number of benzene rings is 1. The minimum absolute atomic E-state index is 0.226. The Labute approximate surface area is 121 Å². The van der Waals surface area contributed by atoms with Crippen molar-refractivity contribution >= 4 is 22.8 Å². The summed E-state index contributed by atoms with van der Waals surface area (Å²) in [6, 6.07) is 7.21. The van der Waals surface area contributed by atoms with Crippen molar-refractivity contribution in [3.63, 3.8) is 0 Å². The van der Waals surface area contributed by atoms with Gasteiger partial charge < -0.3 is 15.0 Å². The van der Waals surface area contributed by atoms with E-state index >= 15 is 0 Å². The van der Waals surface area contributed by atoms with Crippen LogP contribution in [0.4, 0.5) is 0 Å². The number of hydrogen-bond acceptors (Lipinski definition) is 4. The molecule has 1 heterocycles. The van der Waals surface area contributed by atoms with Gasteiger partial charge in [0.05, 0.1) is 18.7 Å². The van der Waals surface area contributed by atoms with Crippen molar-refractivity contribution in [2.24, 2.45) is 5.92 Å². The van der Waals surface area contributed by atoms with Crippen molar-refractivity contribution in [2.75, 3.05) is 14.2 Å². The van der Waals surface area contributed by atoms with Crippen molar-refractivity contribution in [1.82, 2.24) is 10.3 Å². The second-order valence-electron chi connectivity index (χ2n) is 4.53. The minimum atomic E-state index is -0.806. The molecule has 0 unspecified atom stereocenters. The summed E-state index contributed by atoms with van der Waals surface area (Å²) >= 11 is 0. The summed E-state index contributed by atoms with van der Waals surface area (Å²) in [7, 11) is 2.80. The third-order valence-electron chi connectivity index (χ3n) is 3.34. The SMILES string of the molecule is CNC(=O)[C@@H](C#N)Cc1c[nH]c2cccc(C(=O)OC)c12. The van der Waals surface area contributed by atoms with Gasteiger partial charge in [0.1, 0.15) is 5.92 Å². The zero-order chi connectivity index (χ0) is 15.4. The predicted molar refractivity (Wildman–Crippen MR) is 76.5 cm³/mol. The second-order valence-corrected chi connectivity index (χ2v) is 4.53. The Kier molecular flexibility index (Phi) is 4.24. The van der Waals surface area contributed by atoms with E-state index < -0.39 is 11.9 Å². The van der Waals surface area contributed by atoms with Crippen LogP contribution in [0.15, 0.2) is 24.4 Å². The molecule has 0 aliphatic carbocycles. The van der Waals surface area contributed by atoms with E-state index in [9.17, 15) is 9.59 Å². The van der Waals surface area contributed by atoms with Crippen LogP contribution in [-0.4, -0.2) is 31.0 Å². The molecule has 0 aliphatic rings. The molecule has 0 saturated carbocycles. The maximum absolute atomic E-state index is 11.8. The second kappa shape index (κ2) is 6.09. The molecule has 0 fully saturated rings. The number of ether oxygens (including phenoxy) is 1. The van der Waals surface area contributed by atoms with Crippen LogP contribution >= 0.6 is 0 Å². The summed E-state index contributed by atoms with van der Waals surface area (Å²) in [6.45, 7) is 0. The van der Waals surface area contributed by atoms with E-state index in [0.717, 1.165) is 11.1 Å². The lowest BCUT2D eigenvalue weighted by Crippen LogP contribution is -2.27. The number of carbonyl (C=O) groups is 2. The molecule has 6 nitrogen and oxygen atoms in total. The number of aromatic nitrogens is 1. The average molecular weight is 285 g/mol. The van der Waals surface area contributed by atoms with Crippen molar-refractivity contribution in [2.45, 2.75) is 6.42 Å². The predicted octanol–water partition coefficient (Wildman–Crippen LogP) is 1.38. The van der Waals surface area contributed by atoms with E-state index in [4.69, 9.17) is 10.00 Å². The van der Waals surface area contributed by atoms with Crippen LogP contribution in [0.3, 0.4) is 0 Å². The molecule has 21 heavy (non-hydrogen) atoms. The standard InChI is InChI=1S/C15H15N3O3/c1-17-14(19)9(7-16)6-10-8-18-12-5-3-4-11(13(10)12)15(20)21-2/h3-5,8-9,18H,6H2,1-2H3,(H,17,19)/t9-/m1/s1. The fourth-order valence-electron chi connectivity index (χ4n) is 2.29. The number of methoxy groups -OCH3 is 1. The Bertz CT molecular complexity index is 727. The van der Waals surface area contributed by atoms with Crippen LogP contribution in [0, 0.1) is 17.2 Å². The van der Waals surface area contributed by atoms with Gasteiger partial charge in [-0.15, -0.1) is 0 Å². The molecule has 0 aliphatic heterocycles. The van der Waals surface area contributed by atoms with Gasteiger partial charge in [0.15, 0.2) is 0 Å². The van der Waals surface area contributed by atoms with E-state index in [-0.39, 0.29) is 12.3 Å². The largest absolute Gasteiger partial charge is 0.465 e. The first-order chi connectivity index (χ1) is 10.1. The monoisotopic (exact) mass is 285 g/mol. The summed E-state index contributed by atoms with van der Waals surface area (Å²) in [5, 5.41) is 12.3. The summed E-state index contributed by atoms with van der Waals surface area (Å²) < 4.78 is 4.77. The molecule has 0 bridgehead atoms. The third-order valence-corrected chi connectivity index (χ3v) is 3.34. The summed E-state index contributed by atoms with van der Waals surface area (Å²) in [5.41, 5.74) is 1.92. The molecule has 1 aromatic heterocycles. The van der Waals surface area contributed by atoms with Crippen LogP contribution in [0.25, 0.3) is 10.9 Å². The number of aromatic amines is 1. The number of esters is 1. The Morgan fingerprint density at radius 3 is 2.86 bits per heavy atom. The highest BCUT2D eigenvalue weighted by Crippen LogP contribution is 2.25. The van der Waals surface area contributed by atoms with Gasteiger partial charge in [-0.2, -0.15) is 5.26 Å². The average Bonchev–Trinajstić information content (AvgIpc) is 2.94. The molecular weight excluding hydrogens is 270 g/mol. The number of amides is 1. The van der Waals surface area contributed by atoms with E-state index in [1.54, 1.807) is 18.3 Å². The van der Waals surface area contributed by atoms with Crippen LogP contribution in [0.5, 0.6) is 0 Å². The molecular formula is C15H15N3O3. The fraction of sp³-hybridized carbons (Fsp3) is 0.267. The fourth-order valence-corrected chi connectivity index (χ4v) is 2.29. The molecule has 6 heteroatoms. The first-order valence-electron chi connectivity index (χ1n) is 6.40. The molecule has 1 atom stereocenters. The first kappa shape index (κ1) is 14.6. The number of nitrogens with zero attached hydrogens (tertiary/aromatic N) is 1. The number of H-pyrrole nitrogens is 1. The number of nitriles is 1. The maximum atomic E-state index is 11.8. The maximum Gasteiger partial charge on any atom is 0.338 e. The number of hydrogen-bond donors (Lipinski definition) is 2. The van der Waals surface area contributed by atoms with Gasteiger partial charge in [0, 0.05) is 24.1 Å². The van der Waals surface area contributed by atoms with E-state index in [0.29, 0.717) is 10.9 Å². The van der Waals surface area contributed by atoms with Gasteiger partial charge in [-0.25, -0.2) is 4.79 Å². The molecule has 108 valence electrons. The van der Waals surface area contributed by atoms with Crippen molar-refractivity contribution < 1.29 is 14.3 Å². The molecule has 0 radical (unpaired) electrons. The Balaban J connectivity index is 2.48. The van der Waals surface area contributed by atoms with Crippen LogP contribution in [0.1, 0.15) is 15.9 Å². The minimum Gasteiger partial charge on any atom is -0.465 e. The smallest absolute Gasteiger partial charge is 0.338 e. The van der Waals surface area contributed by atoms with Crippen molar-refractivity contribution in [3.8, 4) is 6.07 Å². The van der Waals surface area contributed by atoms with Crippen molar-refractivity contribution in [3.05, 3.63) is 35.5 Å². The molecule has 0 saturated heterocycles. The van der Waals surface area contributed by atoms with Crippen LogP contribution in [-0.2, 0) is 16.0 Å². The van der Waals surface area contributed by atoms with Gasteiger partial charge in [-0.1, -0.05) is 6.07 Å². The normalized spacial score (nSPS) is 11.7. The Morgan fingerprint density at radius 2 is 2.24 bits per heavy atom. The van der Waals surface area contributed by atoms with E-state index in [2.05, 4.69) is 10.3 Å². The number of carbonyl (C=O) groups excluding carboxylic acids is 2. The number of fused-ring (bicyclic) bond motifs is 1. The number of nitrogens with one attached hydrogen (secondary N) is 2. The summed E-state index contributed by atoms with van der Waals surface area (Å²) in [6.07, 6.45) is 1.94. The van der Waals surface area contributed by atoms with Gasteiger partial charge in [-0.05, 0) is 24.1 Å². The van der Waals surface area contributed by atoms with E-state index in [1.807, 2.05) is 12.1 Å². The highest BCUT2D eigenvalue weighted by Gasteiger charge is 2.21. The molecule has 2 rings (SSSR count). The quantitative estimate of drug-likeness (QED) is 0.830. The molecule has 0 spiro atoms. The third kappa shape index (κ3) is 2.72. The topological polar surface area (TPSA) is 95.0 Å². The lowest BCUT2D eigenvalue weighted by atomic mass is 9.97. The van der Waals surface area contributed by atoms with Crippen molar-refractivity contribution in [1.29, 1.82) is 5.26 Å². The zero-order valence-electron chi connectivity index (χ0n) is 11.8. The highest BCUT2D eigenvalue weighted by molar-refractivity contribution is 6.05. The van der Waals surface area contributed by atoms with Crippen LogP contribution in [0.2, 0.25) is 0 Å². The van der Waals surface area contributed by atoms with Gasteiger partial charge in [0.2, 0.25) is 5.91 Å². The number of rotatable bonds is 4. The summed E-state index contributed by atoms with van der Waals surface area (Å²) in [4.78, 5) is 26.5. The molecule has 1 amide bonds. The van der Waals surface area contributed by atoms with E-state index in [1.165, 1.54) is 14.2 Å². The van der Waals surface area contributed by atoms with Crippen LogP contribution < -0.4 is 5.32 Å². The lowest BCUT2D eigenvalue weighted by molar-refractivity contribution is -0.122. The van der Waals surface area contributed by atoms with Gasteiger partial charge in [-0.3, -0.25) is 4.79 Å². The lowest BCUT2D eigenvalue weighted by Gasteiger charge is -2.08.